The quantitative estimate of drug-likeness (QED) is 0.666. The Morgan fingerprint density at radius 1 is 0.931 bits per heavy atom. The SMILES string of the molecule is Cc1cc(Nc2ccccc2N2CCOCC2)nc(Nc2ccc(F)cc2F)n1. The zero-order chi connectivity index (χ0) is 20.2. The van der Waals surface area contributed by atoms with Crippen molar-refractivity contribution in [2.24, 2.45) is 0 Å². The number of para-hydroxylation sites is 2. The lowest BCUT2D eigenvalue weighted by Gasteiger charge is -2.30. The van der Waals surface area contributed by atoms with E-state index in [1.807, 2.05) is 31.2 Å². The molecule has 29 heavy (non-hydrogen) atoms. The summed E-state index contributed by atoms with van der Waals surface area (Å²) in [6.45, 7) is 4.85. The number of nitrogens with one attached hydrogen (secondary N) is 2. The molecule has 4 rings (SSSR count). The van der Waals surface area contributed by atoms with Crippen LogP contribution in [0.5, 0.6) is 0 Å². The molecule has 0 saturated carbocycles. The third-order valence-electron chi connectivity index (χ3n) is 4.55. The molecule has 0 bridgehead atoms. The number of anilines is 5. The second kappa shape index (κ2) is 8.40. The third-order valence-corrected chi connectivity index (χ3v) is 4.55. The molecule has 0 radical (unpaired) electrons. The van der Waals surface area contributed by atoms with Crippen molar-refractivity contribution in [3.63, 3.8) is 0 Å². The van der Waals surface area contributed by atoms with Gasteiger partial charge in [0.1, 0.15) is 17.5 Å². The second-order valence-corrected chi connectivity index (χ2v) is 6.71. The first kappa shape index (κ1) is 19.1. The molecule has 0 atom stereocenters. The van der Waals surface area contributed by atoms with E-state index < -0.39 is 11.6 Å². The van der Waals surface area contributed by atoms with Gasteiger partial charge in [-0.1, -0.05) is 12.1 Å². The number of aryl methyl sites for hydroxylation is 1. The normalized spacial score (nSPS) is 14.0. The first-order chi connectivity index (χ1) is 14.1. The Hall–Kier alpha value is -3.26. The van der Waals surface area contributed by atoms with Gasteiger partial charge in [0.25, 0.3) is 0 Å². The predicted molar refractivity (Wildman–Crippen MR) is 109 cm³/mol. The lowest BCUT2D eigenvalue weighted by atomic mass is 10.2. The first-order valence-electron chi connectivity index (χ1n) is 9.35. The molecular weight excluding hydrogens is 376 g/mol. The van der Waals surface area contributed by atoms with E-state index in [0.29, 0.717) is 24.7 Å². The summed E-state index contributed by atoms with van der Waals surface area (Å²) in [5.41, 5.74) is 2.78. The van der Waals surface area contributed by atoms with Gasteiger partial charge in [-0.3, -0.25) is 0 Å². The largest absolute Gasteiger partial charge is 0.378 e. The fourth-order valence-electron chi connectivity index (χ4n) is 3.20. The second-order valence-electron chi connectivity index (χ2n) is 6.71. The summed E-state index contributed by atoms with van der Waals surface area (Å²) in [5, 5.41) is 6.15. The van der Waals surface area contributed by atoms with E-state index in [1.165, 1.54) is 12.1 Å². The fraction of sp³-hybridized carbons (Fsp3) is 0.238. The summed E-state index contributed by atoms with van der Waals surface area (Å²) in [7, 11) is 0. The lowest BCUT2D eigenvalue weighted by molar-refractivity contribution is 0.123. The number of hydrogen-bond acceptors (Lipinski definition) is 6. The van der Waals surface area contributed by atoms with Crippen LogP contribution in [-0.4, -0.2) is 36.3 Å². The maximum atomic E-state index is 14.0. The Labute approximate surface area is 167 Å². The molecule has 1 aliphatic heterocycles. The number of nitrogens with zero attached hydrogens (tertiary/aromatic N) is 3. The van der Waals surface area contributed by atoms with E-state index >= 15 is 0 Å². The van der Waals surface area contributed by atoms with Gasteiger partial charge in [-0.25, -0.2) is 13.8 Å². The van der Waals surface area contributed by atoms with Crippen molar-refractivity contribution in [2.45, 2.75) is 6.92 Å². The van der Waals surface area contributed by atoms with Gasteiger partial charge >= 0.3 is 0 Å². The molecule has 2 heterocycles. The number of ether oxygens (including phenoxy) is 1. The summed E-state index contributed by atoms with van der Waals surface area (Å²) in [5.74, 6) is -0.548. The molecule has 0 aliphatic carbocycles. The van der Waals surface area contributed by atoms with Crippen LogP contribution in [0.2, 0.25) is 0 Å². The van der Waals surface area contributed by atoms with Gasteiger partial charge in [-0.2, -0.15) is 4.98 Å². The van der Waals surface area contributed by atoms with Crippen molar-refractivity contribution in [3.05, 3.63) is 65.9 Å². The van der Waals surface area contributed by atoms with Crippen LogP contribution < -0.4 is 15.5 Å². The maximum absolute atomic E-state index is 14.0. The standard InChI is InChI=1S/C21H21F2N5O/c1-14-12-20(27-21(24-14)26-17-7-6-15(22)13-16(17)23)25-18-4-2-3-5-19(18)28-8-10-29-11-9-28/h2-7,12-13H,8-11H2,1H3,(H2,24,25,26,27). The van der Waals surface area contributed by atoms with Crippen LogP contribution >= 0.6 is 0 Å². The first-order valence-corrected chi connectivity index (χ1v) is 9.35. The molecule has 1 fully saturated rings. The number of hydrogen-bond donors (Lipinski definition) is 2. The summed E-state index contributed by atoms with van der Waals surface area (Å²) < 4.78 is 32.5. The lowest BCUT2D eigenvalue weighted by Crippen LogP contribution is -2.36. The highest BCUT2D eigenvalue weighted by Gasteiger charge is 2.15. The van der Waals surface area contributed by atoms with Crippen molar-refractivity contribution in [3.8, 4) is 0 Å². The zero-order valence-corrected chi connectivity index (χ0v) is 16.0. The summed E-state index contributed by atoms with van der Waals surface area (Å²) >= 11 is 0. The molecule has 3 aromatic rings. The van der Waals surface area contributed by atoms with Gasteiger partial charge in [0.05, 0.1) is 30.3 Å². The van der Waals surface area contributed by atoms with Crippen LogP contribution in [0.25, 0.3) is 0 Å². The molecule has 6 nitrogen and oxygen atoms in total. The van der Waals surface area contributed by atoms with Crippen molar-refractivity contribution in [1.29, 1.82) is 0 Å². The molecule has 1 saturated heterocycles. The monoisotopic (exact) mass is 397 g/mol. The van der Waals surface area contributed by atoms with Gasteiger partial charge in [0.2, 0.25) is 5.95 Å². The summed E-state index contributed by atoms with van der Waals surface area (Å²) in [6.07, 6.45) is 0. The Bertz CT molecular complexity index is 1010. The van der Waals surface area contributed by atoms with E-state index in [9.17, 15) is 8.78 Å². The molecule has 0 spiro atoms. The number of aromatic nitrogens is 2. The van der Waals surface area contributed by atoms with Crippen molar-refractivity contribution < 1.29 is 13.5 Å². The minimum Gasteiger partial charge on any atom is -0.378 e. The van der Waals surface area contributed by atoms with Crippen LogP contribution in [0.15, 0.2) is 48.5 Å². The molecule has 1 aromatic heterocycles. The minimum atomic E-state index is -0.706. The van der Waals surface area contributed by atoms with Gasteiger partial charge in [0, 0.05) is 30.9 Å². The van der Waals surface area contributed by atoms with Crippen LogP contribution in [0.1, 0.15) is 5.69 Å². The van der Waals surface area contributed by atoms with E-state index in [1.54, 1.807) is 0 Å². The van der Waals surface area contributed by atoms with E-state index in [-0.39, 0.29) is 11.6 Å². The molecule has 1 aliphatic rings. The van der Waals surface area contributed by atoms with E-state index in [4.69, 9.17) is 4.74 Å². The van der Waals surface area contributed by atoms with Crippen molar-refractivity contribution >= 4 is 28.8 Å². The minimum absolute atomic E-state index is 0.108. The van der Waals surface area contributed by atoms with E-state index in [2.05, 4.69) is 31.6 Å². The van der Waals surface area contributed by atoms with Crippen LogP contribution in [0, 0.1) is 18.6 Å². The molecule has 8 heteroatoms. The Kier molecular flexibility index (Phi) is 5.53. The highest BCUT2D eigenvalue weighted by molar-refractivity contribution is 5.74. The topological polar surface area (TPSA) is 62.3 Å². The number of morpholine rings is 1. The van der Waals surface area contributed by atoms with Crippen molar-refractivity contribution in [2.75, 3.05) is 41.8 Å². The Morgan fingerprint density at radius 2 is 1.72 bits per heavy atom. The molecular formula is C21H21F2N5O. The van der Waals surface area contributed by atoms with Crippen molar-refractivity contribution in [1.82, 2.24) is 9.97 Å². The van der Waals surface area contributed by atoms with Gasteiger partial charge < -0.3 is 20.3 Å². The molecule has 0 amide bonds. The average molecular weight is 397 g/mol. The highest BCUT2D eigenvalue weighted by atomic mass is 19.1. The molecule has 2 aromatic carbocycles. The Balaban J connectivity index is 1.59. The number of benzene rings is 2. The van der Waals surface area contributed by atoms with Gasteiger partial charge in [-0.05, 0) is 31.2 Å². The fourth-order valence-corrected chi connectivity index (χ4v) is 3.20. The Morgan fingerprint density at radius 3 is 2.52 bits per heavy atom. The van der Waals surface area contributed by atoms with E-state index in [0.717, 1.165) is 30.5 Å². The zero-order valence-electron chi connectivity index (χ0n) is 16.0. The molecule has 2 N–H and O–H groups in total. The maximum Gasteiger partial charge on any atom is 0.229 e. The third kappa shape index (κ3) is 4.60. The van der Waals surface area contributed by atoms with Crippen LogP contribution in [0.4, 0.5) is 37.6 Å². The molecule has 150 valence electrons. The number of halogens is 2. The van der Waals surface area contributed by atoms with Crippen LogP contribution in [0.3, 0.4) is 0 Å². The summed E-state index contributed by atoms with van der Waals surface area (Å²) in [6, 6.07) is 13.1. The molecule has 0 unspecified atom stereocenters. The van der Waals surface area contributed by atoms with Gasteiger partial charge in [0.15, 0.2) is 0 Å². The average Bonchev–Trinajstić information content (AvgIpc) is 2.71. The predicted octanol–water partition coefficient (Wildman–Crippen LogP) is 4.39. The van der Waals surface area contributed by atoms with Crippen LogP contribution in [-0.2, 0) is 4.74 Å². The summed E-state index contributed by atoms with van der Waals surface area (Å²) in [4.78, 5) is 11.0. The highest BCUT2D eigenvalue weighted by Crippen LogP contribution is 2.29. The smallest absolute Gasteiger partial charge is 0.229 e. The van der Waals surface area contributed by atoms with Gasteiger partial charge in [-0.15, -0.1) is 0 Å². The number of rotatable bonds is 5.